The fraction of sp³-hybridized carbons (Fsp3) is 0.240. The molecular weight excluding hydrogens is 459 g/mol. The molecule has 9 heteroatoms. The quantitative estimate of drug-likeness (QED) is 0.527. The first-order valence-electron chi connectivity index (χ1n) is 10.8. The van der Waals surface area contributed by atoms with E-state index in [1.54, 1.807) is 0 Å². The molecule has 4 rings (SSSR count). The van der Waals surface area contributed by atoms with E-state index in [9.17, 15) is 17.6 Å². The molecule has 0 spiro atoms. The number of sulfonamides is 1. The SMILES string of the molecule is CC(CNC(=O)CN(c1ccc(F)cc1)S(=O)(=O)c1ccc2c(c1)OCCO2)c1ccccc1. The number of carbonyl (C=O) groups is 1. The van der Waals surface area contributed by atoms with Crippen LogP contribution in [0.1, 0.15) is 18.4 Å². The van der Waals surface area contributed by atoms with Crippen LogP contribution >= 0.6 is 0 Å². The molecule has 3 aromatic rings. The number of hydrogen-bond donors (Lipinski definition) is 1. The minimum absolute atomic E-state index is 0.0406. The van der Waals surface area contributed by atoms with E-state index in [0.29, 0.717) is 31.3 Å². The van der Waals surface area contributed by atoms with Gasteiger partial charge in [0.1, 0.15) is 25.6 Å². The van der Waals surface area contributed by atoms with Crippen molar-refractivity contribution in [1.82, 2.24) is 5.32 Å². The number of benzene rings is 3. The maximum Gasteiger partial charge on any atom is 0.264 e. The molecule has 1 heterocycles. The highest BCUT2D eigenvalue weighted by Gasteiger charge is 2.29. The van der Waals surface area contributed by atoms with Crippen LogP contribution in [0.25, 0.3) is 0 Å². The highest BCUT2D eigenvalue weighted by molar-refractivity contribution is 7.92. The van der Waals surface area contributed by atoms with Gasteiger partial charge in [0.05, 0.1) is 10.6 Å². The van der Waals surface area contributed by atoms with Crippen molar-refractivity contribution in [1.29, 1.82) is 0 Å². The summed E-state index contributed by atoms with van der Waals surface area (Å²) in [6.07, 6.45) is 0. The number of ether oxygens (including phenoxy) is 2. The summed E-state index contributed by atoms with van der Waals surface area (Å²) in [5.74, 6) is -0.188. The van der Waals surface area contributed by atoms with Gasteiger partial charge in [-0.3, -0.25) is 9.10 Å². The van der Waals surface area contributed by atoms with Gasteiger partial charge in [0.25, 0.3) is 10.0 Å². The first-order valence-corrected chi connectivity index (χ1v) is 12.3. The molecule has 0 radical (unpaired) electrons. The zero-order valence-electron chi connectivity index (χ0n) is 18.6. The molecule has 1 atom stereocenters. The van der Waals surface area contributed by atoms with Crippen LogP contribution in [0.3, 0.4) is 0 Å². The van der Waals surface area contributed by atoms with E-state index in [1.165, 1.54) is 30.3 Å². The standard InChI is InChI=1S/C25H25FN2O5S/c1-18(19-5-3-2-4-6-19)16-27-25(29)17-28(21-9-7-20(26)8-10-21)34(30,31)22-11-12-23-24(15-22)33-14-13-32-23/h2-12,15,18H,13-14,16-17H2,1H3,(H,27,29). The van der Waals surface area contributed by atoms with Crippen molar-refractivity contribution < 1.29 is 27.1 Å². The highest BCUT2D eigenvalue weighted by Crippen LogP contribution is 2.34. The summed E-state index contributed by atoms with van der Waals surface area (Å²) in [4.78, 5) is 12.7. The van der Waals surface area contributed by atoms with Crippen molar-refractivity contribution in [3.8, 4) is 11.5 Å². The van der Waals surface area contributed by atoms with Crippen molar-refractivity contribution >= 4 is 21.6 Å². The Hall–Kier alpha value is -3.59. The number of anilines is 1. The van der Waals surface area contributed by atoms with Crippen molar-refractivity contribution in [2.45, 2.75) is 17.7 Å². The third-order valence-electron chi connectivity index (χ3n) is 5.48. The Kier molecular flexibility index (Phi) is 7.02. The van der Waals surface area contributed by atoms with E-state index < -0.39 is 28.3 Å². The fourth-order valence-corrected chi connectivity index (χ4v) is 5.02. The molecule has 0 aliphatic carbocycles. The lowest BCUT2D eigenvalue weighted by Gasteiger charge is -2.25. The number of halogens is 1. The Morgan fingerprint density at radius 2 is 1.68 bits per heavy atom. The molecule has 0 saturated heterocycles. The fourth-order valence-electron chi connectivity index (χ4n) is 3.59. The van der Waals surface area contributed by atoms with Crippen LogP contribution in [-0.4, -0.2) is 40.6 Å². The van der Waals surface area contributed by atoms with Gasteiger partial charge in [0.2, 0.25) is 5.91 Å². The van der Waals surface area contributed by atoms with E-state index in [0.717, 1.165) is 22.0 Å². The normalized spacial score (nSPS) is 13.7. The van der Waals surface area contributed by atoms with E-state index in [2.05, 4.69) is 5.32 Å². The van der Waals surface area contributed by atoms with Crippen molar-refractivity contribution in [2.24, 2.45) is 0 Å². The summed E-state index contributed by atoms with van der Waals surface area (Å²) in [6, 6.07) is 18.9. The van der Waals surface area contributed by atoms with Crippen LogP contribution < -0.4 is 19.1 Å². The highest BCUT2D eigenvalue weighted by atomic mass is 32.2. The monoisotopic (exact) mass is 484 g/mol. The van der Waals surface area contributed by atoms with E-state index in [4.69, 9.17) is 9.47 Å². The lowest BCUT2D eigenvalue weighted by Crippen LogP contribution is -2.41. The van der Waals surface area contributed by atoms with Crippen LogP contribution in [0.5, 0.6) is 11.5 Å². The topological polar surface area (TPSA) is 84.9 Å². The molecule has 3 aromatic carbocycles. The molecule has 0 aromatic heterocycles. The van der Waals surface area contributed by atoms with Gasteiger partial charge in [-0.05, 0) is 47.9 Å². The first kappa shape index (κ1) is 23.6. The zero-order valence-corrected chi connectivity index (χ0v) is 19.4. The molecule has 0 bridgehead atoms. The molecule has 1 N–H and O–H groups in total. The Bertz CT molecular complexity index is 1250. The third kappa shape index (κ3) is 5.31. The smallest absolute Gasteiger partial charge is 0.264 e. The average Bonchev–Trinajstić information content (AvgIpc) is 2.86. The average molecular weight is 485 g/mol. The lowest BCUT2D eigenvalue weighted by molar-refractivity contribution is -0.119. The molecule has 0 saturated carbocycles. The van der Waals surface area contributed by atoms with Gasteiger partial charge < -0.3 is 14.8 Å². The largest absolute Gasteiger partial charge is 0.486 e. The number of carbonyl (C=O) groups excluding carboxylic acids is 1. The number of hydrogen-bond acceptors (Lipinski definition) is 5. The summed E-state index contributed by atoms with van der Waals surface area (Å²) < 4.78 is 52.6. The molecule has 1 aliphatic rings. The molecular formula is C25H25FN2O5S. The number of fused-ring (bicyclic) bond motifs is 1. The number of nitrogens with zero attached hydrogens (tertiary/aromatic N) is 1. The van der Waals surface area contributed by atoms with Crippen LogP contribution in [-0.2, 0) is 14.8 Å². The maximum absolute atomic E-state index is 13.6. The van der Waals surface area contributed by atoms with Crippen LogP contribution in [0.2, 0.25) is 0 Å². The number of rotatable bonds is 8. The summed E-state index contributed by atoms with van der Waals surface area (Å²) in [5, 5.41) is 2.80. The maximum atomic E-state index is 13.6. The van der Waals surface area contributed by atoms with E-state index in [-0.39, 0.29) is 16.5 Å². The molecule has 34 heavy (non-hydrogen) atoms. The molecule has 1 unspecified atom stereocenters. The van der Waals surface area contributed by atoms with Gasteiger partial charge in [-0.15, -0.1) is 0 Å². The summed E-state index contributed by atoms with van der Waals surface area (Å²) in [6.45, 7) is 2.52. The number of amides is 1. The van der Waals surface area contributed by atoms with E-state index >= 15 is 0 Å². The van der Waals surface area contributed by atoms with Gasteiger partial charge >= 0.3 is 0 Å². The Balaban J connectivity index is 1.57. The number of nitrogens with one attached hydrogen (secondary N) is 1. The van der Waals surface area contributed by atoms with Crippen LogP contribution in [0.4, 0.5) is 10.1 Å². The first-order chi connectivity index (χ1) is 16.3. The molecule has 178 valence electrons. The van der Waals surface area contributed by atoms with Gasteiger partial charge in [-0.1, -0.05) is 37.3 Å². The van der Waals surface area contributed by atoms with E-state index in [1.807, 2.05) is 37.3 Å². The summed E-state index contributed by atoms with van der Waals surface area (Å²) in [5.41, 5.74) is 1.23. The predicted octanol–water partition coefficient (Wildman–Crippen LogP) is 3.71. The molecule has 0 fully saturated rings. The molecule has 1 amide bonds. The van der Waals surface area contributed by atoms with Gasteiger partial charge in [0.15, 0.2) is 11.5 Å². The van der Waals surface area contributed by atoms with Gasteiger partial charge in [0, 0.05) is 12.6 Å². The Morgan fingerprint density at radius 3 is 2.38 bits per heavy atom. The Labute approximate surface area is 198 Å². The van der Waals surface area contributed by atoms with Crippen LogP contribution in [0.15, 0.2) is 77.7 Å². The van der Waals surface area contributed by atoms with Crippen molar-refractivity contribution in [3.63, 3.8) is 0 Å². The summed E-state index contributed by atoms with van der Waals surface area (Å²) >= 11 is 0. The van der Waals surface area contributed by atoms with Gasteiger partial charge in [-0.25, -0.2) is 12.8 Å². The second-order valence-electron chi connectivity index (χ2n) is 7.91. The van der Waals surface area contributed by atoms with Crippen molar-refractivity contribution in [3.05, 3.63) is 84.2 Å². The summed E-state index contributed by atoms with van der Waals surface area (Å²) in [7, 11) is -4.17. The lowest BCUT2D eigenvalue weighted by atomic mass is 10.0. The predicted molar refractivity (Wildman–Crippen MR) is 126 cm³/mol. The van der Waals surface area contributed by atoms with Gasteiger partial charge in [-0.2, -0.15) is 0 Å². The third-order valence-corrected chi connectivity index (χ3v) is 7.25. The van der Waals surface area contributed by atoms with Crippen molar-refractivity contribution in [2.75, 3.05) is 30.6 Å². The second kappa shape index (κ2) is 10.1. The minimum atomic E-state index is -4.17. The molecule has 1 aliphatic heterocycles. The Morgan fingerprint density at radius 1 is 1.00 bits per heavy atom. The second-order valence-corrected chi connectivity index (χ2v) is 9.77. The molecule has 7 nitrogen and oxygen atoms in total. The van der Waals surface area contributed by atoms with Crippen LogP contribution in [0, 0.1) is 5.82 Å². The minimum Gasteiger partial charge on any atom is -0.486 e. The zero-order chi connectivity index (χ0) is 24.1.